The van der Waals surface area contributed by atoms with E-state index in [1.54, 1.807) is 13.8 Å². The number of nitro benzene ring substituents is 1. The molecule has 0 aliphatic heterocycles. The highest BCUT2D eigenvalue weighted by Gasteiger charge is 2.22. The van der Waals surface area contributed by atoms with Crippen LogP contribution in [0.15, 0.2) is 18.2 Å². The molecule has 0 saturated carbocycles. The van der Waals surface area contributed by atoms with Crippen LogP contribution in [0.5, 0.6) is 0 Å². The summed E-state index contributed by atoms with van der Waals surface area (Å²) in [7, 11) is 0. The van der Waals surface area contributed by atoms with E-state index in [1.165, 1.54) is 12.1 Å². The van der Waals surface area contributed by atoms with E-state index in [0.717, 1.165) is 6.07 Å². The molecule has 1 amide bonds. The number of nitrogens with zero attached hydrogens (tertiary/aromatic N) is 1. The van der Waals surface area contributed by atoms with E-state index in [-0.39, 0.29) is 23.4 Å². The third-order valence-electron chi connectivity index (χ3n) is 2.83. The van der Waals surface area contributed by atoms with Gasteiger partial charge in [0.05, 0.1) is 4.92 Å². The highest BCUT2D eigenvalue weighted by Crippen LogP contribution is 2.26. The summed E-state index contributed by atoms with van der Waals surface area (Å²) < 4.78 is 0. The number of aliphatic carboxylic acids is 1. The topological polar surface area (TPSA) is 122 Å². The average Bonchev–Trinajstić information content (AvgIpc) is 2.44. The van der Waals surface area contributed by atoms with Gasteiger partial charge < -0.3 is 15.7 Å². The molecule has 1 rings (SSSR count). The zero-order valence-electron chi connectivity index (χ0n) is 11.8. The standard InChI is InChI=1S/C13H17N3O5/c1-3-9(13(18)19)15-10-6-5-8(12(17)14-4-2)7-11(10)16(20)21/h5-7,9,15H,3-4H2,1-2H3,(H,14,17)(H,18,19). The molecule has 8 nitrogen and oxygen atoms in total. The highest BCUT2D eigenvalue weighted by molar-refractivity contribution is 5.95. The van der Waals surface area contributed by atoms with Crippen molar-refractivity contribution in [3.63, 3.8) is 0 Å². The Kier molecular flexibility index (Phi) is 5.65. The summed E-state index contributed by atoms with van der Waals surface area (Å²) in [5, 5.41) is 25.2. The molecular weight excluding hydrogens is 278 g/mol. The second kappa shape index (κ2) is 7.22. The van der Waals surface area contributed by atoms with Gasteiger partial charge in [-0.25, -0.2) is 4.79 Å². The number of carbonyl (C=O) groups is 2. The van der Waals surface area contributed by atoms with E-state index in [0.29, 0.717) is 6.54 Å². The first-order valence-electron chi connectivity index (χ1n) is 6.46. The van der Waals surface area contributed by atoms with Crippen molar-refractivity contribution in [1.82, 2.24) is 5.32 Å². The van der Waals surface area contributed by atoms with Gasteiger partial charge in [0.2, 0.25) is 0 Å². The lowest BCUT2D eigenvalue weighted by atomic mass is 10.1. The molecule has 0 radical (unpaired) electrons. The Morgan fingerprint density at radius 2 is 2.05 bits per heavy atom. The number of nitro groups is 1. The number of hydrogen-bond donors (Lipinski definition) is 3. The molecule has 8 heteroatoms. The van der Waals surface area contributed by atoms with Crippen LogP contribution < -0.4 is 10.6 Å². The first-order chi connectivity index (χ1) is 9.90. The highest BCUT2D eigenvalue weighted by atomic mass is 16.6. The van der Waals surface area contributed by atoms with Crippen LogP contribution in [0.2, 0.25) is 0 Å². The number of carboxylic acid groups (broad SMARTS) is 1. The summed E-state index contributed by atoms with van der Waals surface area (Å²) in [5.41, 5.74) is -0.113. The molecule has 0 aliphatic carbocycles. The smallest absolute Gasteiger partial charge is 0.326 e. The molecule has 1 aromatic rings. The Morgan fingerprint density at radius 3 is 2.52 bits per heavy atom. The van der Waals surface area contributed by atoms with E-state index in [1.807, 2.05) is 0 Å². The molecule has 0 aliphatic rings. The van der Waals surface area contributed by atoms with Crippen LogP contribution in [0.25, 0.3) is 0 Å². The fourth-order valence-corrected chi connectivity index (χ4v) is 1.73. The van der Waals surface area contributed by atoms with Crippen LogP contribution in [0.1, 0.15) is 30.6 Å². The lowest BCUT2D eigenvalue weighted by Gasteiger charge is -2.14. The van der Waals surface area contributed by atoms with Crippen LogP contribution in [0.3, 0.4) is 0 Å². The van der Waals surface area contributed by atoms with Crippen LogP contribution in [0, 0.1) is 10.1 Å². The zero-order chi connectivity index (χ0) is 16.0. The largest absolute Gasteiger partial charge is 0.480 e. The Morgan fingerprint density at radius 1 is 1.38 bits per heavy atom. The van der Waals surface area contributed by atoms with E-state index < -0.39 is 22.8 Å². The molecule has 0 bridgehead atoms. The minimum absolute atomic E-state index is 0.0716. The van der Waals surface area contributed by atoms with Crippen LogP contribution in [-0.2, 0) is 4.79 Å². The number of amides is 1. The van der Waals surface area contributed by atoms with Crippen molar-refractivity contribution in [1.29, 1.82) is 0 Å². The Labute approximate surface area is 121 Å². The maximum Gasteiger partial charge on any atom is 0.326 e. The lowest BCUT2D eigenvalue weighted by molar-refractivity contribution is -0.384. The number of anilines is 1. The van der Waals surface area contributed by atoms with E-state index >= 15 is 0 Å². The van der Waals surface area contributed by atoms with Gasteiger partial charge in [-0.15, -0.1) is 0 Å². The molecule has 1 atom stereocenters. The average molecular weight is 295 g/mol. The van der Waals surface area contributed by atoms with Crippen molar-refractivity contribution >= 4 is 23.3 Å². The van der Waals surface area contributed by atoms with Crippen LogP contribution in [-0.4, -0.2) is 34.5 Å². The van der Waals surface area contributed by atoms with Gasteiger partial charge in [0, 0.05) is 18.2 Å². The Balaban J connectivity index is 3.13. The Bertz CT molecular complexity index is 559. The summed E-state index contributed by atoms with van der Waals surface area (Å²) in [6, 6.07) is 2.95. The molecule has 1 unspecified atom stereocenters. The number of carboxylic acids is 1. The third-order valence-corrected chi connectivity index (χ3v) is 2.83. The molecule has 1 aromatic carbocycles. The van der Waals surface area contributed by atoms with Gasteiger partial charge in [-0.3, -0.25) is 14.9 Å². The molecule has 3 N–H and O–H groups in total. The quantitative estimate of drug-likeness (QED) is 0.519. The van der Waals surface area contributed by atoms with Crippen molar-refractivity contribution in [2.24, 2.45) is 0 Å². The van der Waals surface area contributed by atoms with Gasteiger partial charge >= 0.3 is 5.97 Å². The van der Waals surface area contributed by atoms with Gasteiger partial charge in [0.15, 0.2) is 0 Å². The van der Waals surface area contributed by atoms with E-state index in [2.05, 4.69) is 10.6 Å². The summed E-state index contributed by atoms with van der Waals surface area (Å²) in [6.45, 7) is 3.80. The number of carbonyl (C=O) groups excluding carboxylic acids is 1. The molecule has 114 valence electrons. The van der Waals surface area contributed by atoms with Crippen LogP contribution in [0.4, 0.5) is 11.4 Å². The monoisotopic (exact) mass is 295 g/mol. The number of hydrogen-bond acceptors (Lipinski definition) is 5. The first-order valence-corrected chi connectivity index (χ1v) is 6.46. The zero-order valence-corrected chi connectivity index (χ0v) is 11.8. The molecule has 21 heavy (non-hydrogen) atoms. The second-order valence-corrected chi connectivity index (χ2v) is 4.29. The van der Waals surface area contributed by atoms with E-state index in [4.69, 9.17) is 5.11 Å². The summed E-state index contributed by atoms with van der Waals surface area (Å²) in [6.07, 6.45) is 0.268. The fraction of sp³-hybridized carbons (Fsp3) is 0.385. The number of rotatable bonds is 7. The summed E-state index contributed by atoms with van der Waals surface area (Å²) >= 11 is 0. The molecular formula is C13H17N3O5. The van der Waals surface area contributed by atoms with Gasteiger partial charge in [0.1, 0.15) is 11.7 Å². The molecule has 0 fully saturated rings. The maximum absolute atomic E-state index is 11.7. The predicted octanol–water partition coefficient (Wildman–Crippen LogP) is 1.62. The normalized spacial score (nSPS) is 11.5. The fourth-order valence-electron chi connectivity index (χ4n) is 1.73. The number of nitrogens with one attached hydrogen (secondary N) is 2. The van der Waals surface area contributed by atoms with Crippen molar-refractivity contribution in [2.75, 3.05) is 11.9 Å². The molecule has 0 spiro atoms. The SMILES string of the molecule is CCNC(=O)c1ccc(NC(CC)C(=O)O)c([N+](=O)[O-])c1. The minimum Gasteiger partial charge on any atom is -0.480 e. The minimum atomic E-state index is -1.10. The van der Waals surface area contributed by atoms with Crippen LogP contribution >= 0.6 is 0 Å². The van der Waals surface area contributed by atoms with Gasteiger partial charge in [-0.05, 0) is 25.5 Å². The second-order valence-electron chi connectivity index (χ2n) is 4.29. The lowest BCUT2D eigenvalue weighted by Crippen LogP contribution is -2.28. The molecule has 0 aromatic heterocycles. The third kappa shape index (κ3) is 4.16. The van der Waals surface area contributed by atoms with Gasteiger partial charge in [0.25, 0.3) is 11.6 Å². The predicted molar refractivity (Wildman–Crippen MR) is 76.4 cm³/mol. The van der Waals surface area contributed by atoms with Gasteiger partial charge in [-0.2, -0.15) is 0 Å². The van der Waals surface area contributed by atoms with Crippen molar-refractivity contribution in [3.05, 3.63) is 33.9 Å². The maximum atomic E-state index is 11.7. The first kappa shape index (κ1) is 16.4. The number of benzene rings is 1. The summed E-state index contributed by atoms with van der Waals surface area (Å²) in [4.78, 5) is 33.1. The molecule has 0 heterocycles. The van der Waals surface area contributed by atoms with Crippen molar-refractivity contribution in [2.45, 2.75) is 26.3 Å². The van der Waals surface area contributed by atoms with Crippen molar-refractivity contribution in [3.8, 4) is 0 Å². The van der Waals surface area contributed by atoms with Crippen molar-refractivity contribution < 1.29 is 19.6 Å². The molecule has 0 saturated heterocycles. The summed E-state index contributed by atoms with van der Waals surface area (Å²) in [5.74, 6) is -1.52. The Hall–Kier alpha value is -2.64. The van der Waals surface area contributed by atoms with E-state index in [9.17, 15) is 19.7 Å². The van der Waals surface area contributed by atoms with Gasteiger partial charge in [-0.1, -0.05) is 6.92 Å².